The number of nitrogens with one attached hydrogen (secondary N) is 1. The second kappa shape index (κ2) is 5.92. The fourth-order valence-corrected chi connectivity index (χ4v) is 1.44. The van der Waals surface area contributed by atoms with Crippen LogP contribution in [0.5, 0.6) is 0 Å². The lowest BCUT2D eigenvalue weighted by atomic mass is 10.1. The average Bonchev–Trinajstić information content (AvgIpc) is 2.26. The molecular weight excluding hydrogens is 261 g/mol. The Balaban J connectivity index is 2.97. The van der Waals surface area contributed by atoms with E-state index in [2.05, 4.69) is 5.32 Å². The number of halogens is 3. The molecule has 0 saturated carbocycles. The Labute approximate surface area is 108 Å². The van der Waals surface area contributed by atoms with Crippen LogP contribution in [-0.2, 0) is 6.18 Å². The van der Waals surface area contributed by atoms with Gasteiger partial charge < -0.3 is 15.3 Å². The molecule has 2 N–H and O–H groups in total. The van der Waals surface area contributed by atoms with Gasteiger partial charge in [-0.25, -0.2) is 4.79 Å². The lowest BCUT2D eigenvalue weighted by Crippen LogP contribution is -2.21. The molecule has 106 valence electrons. The number of hydrogen-bond donors (Lipinski definition) is 2. The molecule has 1 aromatic carbocycles. The maximum atomic E-state index is 12.6. The Morgan fingerprint density at radius 1 is 1.32 bits per heavy atom. The molecule has 0 amide bonds. The van der Waals surface area contributed by atoms with Crippen LogP contribution >= 0.6 is 0 Å². The summed E-state index contributed by atoms with van der Waals surface area (Å²) in [4.78, 5) is 12.7. The molecule has 0 spiro atoms. The van der Waals surface area contributed by atoms with Crippen LogP contribution in [0.2, 0.25) is 0 Å². The Morgan fingerprint density at radius 3 is 2.42 bits per heavy atom. The van der Waals surface area contributed by atoms with Crippen molar-refractivity contribution in [2.45, 2.75) is 6.18 Å². The van der Waals surface area contributed by atoms with E-state index in [-0.39, 0.29) is 11.3 Å². The van der Waals surface area contributed by atoms with E-state index in [9.17, 15) is 18.0 Å². The van der Waals surface area contributed by atoms with Crippen LogP contribution < -0.4 is 5.32 Å². The van der Waals surface area contributed by atoms with Gasteiger partial charge in [-0.1, -0.05) is 0 Å². The number of likely N-dealkylation sites (N-methyl/N-ethyl adjacent to an activating group) is 1. The van der Waals surface area contributed by atoms with Crippen LogP contribution in [0.4, 0.5) is 18.9 Å². The van der Waals surface area contributed by atoms with Gasteiger partial charge in [0.05, 0.1) is 11.1 Å². The molecule has 1 rings (SSSR count). The van der Waals surface area contributed by atoms with E-state index in [0.717, 1.165) is 6.07 Å². The van der Waals surface area contributed by atoms with Crippen molar-refractivity contribution in [1.29, 1.82) is 0 Å². The second-order valence-corrected chi connectivity index (χ2v) is 4.33. The topological polar surface area (TPSA) is 52.6 Å². The van der Waals surface area contributed by atoms with Gasteiger partial charge in [0, 0.05) is 18.8 Å². The number of hydrogen-bond acceptors (Lipinski definition) is 3. The highest BCUT2D eigenvalue weighted by atomic mass is 19.4. The van der Waals surface area contributed by atoms with E-state index >= 15 is 0 Å². The van der Waals surface area contributed by atoms with Crippen LogP contribution in [0.1, 0.15) is 15.9 Å². The summed E-state index contributed by atoms with van der Waals surface area (Å²) in [7, 11) is 3.66. The number of nitrogens with zero attached hydrogens (tertiary/aromatic N) is 1. The number of rotatable bonds is 5. The molecule has 7 heteroatoms. The largest absolute Gasteiger partial charge is 0.478 e. The van der Waals surface area contributed by atoms with Crippen LogP contribution in [0.3, 0.4) is 0 Å². The van der Waals surface area contributed by atoms with Crippen LogP contribution in [0.25, 0.3) is 0 Å². The first-order valence-electron chi connectivity index (χ1n) is 5.54. The first-order chi connectivity index (χ1) is 8.70. The van der Waals surface area contributed by atoms with Crippen molar-refractivity contribution in [3.8, 4) is 0 Å². The highest BCUT2D eigenvalue weighted by molar-refractivity contribution is 5.89. The molecule has 19 heavy (non-hydrogen) atoms. The smallest absolute Gasteiger partial charge is 0.416 e. The van der Waals surface area contributed by atoms with Crippen molar-refractivity contribution < 1.29 is 23.1 Å². The first-order valence-corrected chi connectivity index (χ1v) is 5.54. The lowest BCUT2D eigenvalue weighted by Gasteiger charge is -2.14. The zero-order valence-electron chi connectivity index (χ0n) is 10.6. The van der Waals surface area contributed by atoms with Gasteiger partial charge in [-0.05, 0) is 32.3 Å². The normalized spacial score (nSPS) is 11.7. The summed E-state index contributed by atoms with van der Waals surface area (Å²) in [6.45, 7) is 1.05. The fraction of sp³-hybridized carbons (Fsp3) is 0.417. The van der Waals surface area contributed by atoms with Crippen LogP contribution in [0, 0.1) is 0 Å². The number of alkyl halides is 3. The van der Waals surface area contributed by atoms with Crippen molar-refractivity contribution in [3.63, 3.8) is 0 Å². The molecule has 0 aliphatic carbocycles. The van der Waals surface area contributed by atoms with E-state index in [1.54, 1.807) is 0 Å². The first kappa shape index (κ1) is 15.3. The van der Waals surface area contributed by atoms with E-state index in [1.807, 2.05) is 19.0 Å². The van der Waals surface area contributed by atoms with E-state index < -0.39 is 17.7 Å². The maximum Gasteiger partial charge on any atom is 0.416 e. The molecule has 0 aliphatic rings. The summed E-state index contributed by atoms with van der Waals surface area (Å²) in [5.41, 5.74) is -1.21. The molecule has 0 heterocycles. The Morgan fingerprint density at radius 2 is 1.95 bits per heavy atom. The van der Waals surface area contributed by atoms with E-state index in [4.69, 9.17) is 5.11 Å². The molecule has 0 bridgehead atoms. The monoisotopic (exact) mass is 276 g/mol. The molecule has 0 fully saturated rings. The number of carboxylic acids is 1. The van der Waals surface area contributed by atoms with Crippen molar-refractivity contribution in [2.24, 2.45) is 0 Å². The number of anilines is 1. The van der Waals surface area contributed by atoms with Gasteiger partial charge >= 0.3 is 12.1 Å². The minimum atomic E-state index is -4.57. The Kier molecular flexibility index (Phi) is 4.77. The molecule has 0 aliphatic heterocycles. The molecular formula is C12H15F3N2O2. The molecule has 4 nitrogen and oxygen atoms in total. The summed E-state index contributed by atoms with van der Waals surface area (Å²) in [6.07, 6.45) is -4.57. The van der Waals surface area contributed by atoms with Gasteiger partial charge in [-0.15, -0.1) is 0 Å². The summed E-state index contributed by atoms with van der Waals surface area (Å²) in [5, 5.41) is 11.6. The second-order valence-electron chi connectivity index (χ2n) is 4.33. The van der Waals surface area contributed by atoms with E-state index in [1.165, 1.54) is 6.07 Å². The fourth-order valence-electron chi connectivity index (χ4n) is 1.44. The van der Waals surface area contributed by atoms with Crippen molar-refractivity contribution in [2.75, 3.05) is 32.5 Å². The number of carbonyl (C=O) groups is 1. The number of benzene rings is 1. The third kappa shape index (κ3) is 4.78. The minimum Gasteiger partial charge on any atom is -0.478 e. The number of aromatic carboxylic acids is 1. The van der Waals surface area contributed by atoms with Gasteiger partial charge in [0.15, 0.2) is 0 Å². The zero-order chi connectivity index (χ0) is 14.6. The minimum absolute atomic E-state index is 0.147. The van der Waals surface area contributed by atoms with E-state index in [0.29, 0.717) is 19.2 Å². The highest BCUT2D eigenvalue weighted by Crippen LogP contribution is 2.32. The molecule has 0 aromatic heterocycles. The maximum absolute atomic E-state index is 12.6. The molecule has 0 radical (unpaired) electrons. The van der Waals surface area contributed by atoms with Crippen molar-refractivity contribution in [3.05, 3.63) is 29.3 Å². The molecule has 1 aromatic rings. The summed E-state index contributed by atoms with van der Waals surface area (Å²) < 4.78 is 37.9. The molecule has 0 saturated heterocycles. The number of carboxylic acid groups (broad SMARTS) is 1. The summed E-state index contributed by atoms with van der Waals surface area (Å²) in [5.74, 6) is -1.39. The average molecular weight is 276 g/mol. The summed E-state index contributed by atoms with van der Waals surface area (Å²) >= 11 is 0. The standard InChI is InChI=1S/C12H15F3N2O2/c1-17(2)4-3-16-10-6-8(11(18)19)5-9(7-10)12(13,14)15/h5-7,16H,3-4H2,1-2H3,(H,18,19). The van der Waals surface area contributed by atoms with Gasteiger partial charge in [-0.3, -0.25) is 0 Å². The zero-order valence-corrected chi connectivity index (χ0v) is 10.6. The molecule has 0 atom stereocenters. The van der Waals surface area contributed by atoms with Gasteiger partial charge in [0.2, 0.25) is 0 Å². The molecule has 0 unspecified atom stereocenters. The predicted octanol–water partition coefficient (Wildman–Crippen LogP) is 2.38. The third-order valence-corrected chi connectivity index (χ3v) is 2.40. The quantitative estimate of drug-likeness (QED) is 0.867. The Bertz CT molecular complexity index is 459. The van der Waals surface area contributed by atoms with Gasteiger partial charge in [0.1, 0.15) is 0 Å². The SMILES string of the molecule is CN(C)CCNc1cc(C(=O)O)cc(C(F)(F)F)c1. The van der Waals surface area contributed by atoms with Crippen molar-refractivity contribution >= 4 is 11.7 Å². The third-order valence-electron chi connectivity index (χ3n) is 2.40. The lowest BCUT2D eigenvalue weighted by molar-refractivity contribution is -0.137. The predicted molar refractivity (Wildman–Crippen MR) is 65.4 cm³/mol. The van der Waals surface area contributed by atoms with Gasteiger partial charge in [0.25, 0.3) is 0 Å². The summed E-state index contributed by atoms with van der Waals surface area (Å²) in [6, 6.07) is 2.72. The van der Waals surface area contributed by atoms with Gasteiger partial charge in [-0.2, -0.15) is 13.2 Å². The van der Waals surface area contributed by atoms with Crippen molar-refractivity contribution in [1.82, 2.24) is 4.90 Å². The highest BCUT2D eigenvalue weighted by Gasteiger charge is 2.31. The Hall–Kier alpha value is -1.76. The van der Waals surface area contributed by atoms with Crippen LogP contribution in [-0.4, -0.2) is 43.2 Å². The van der Waals surface area contributed by atoms with Crippen LogP contribution in [0.15, 0.2) is 18.2 Å².